The molecular formula is C8H11NO. The van der Waals surface area contributed by atoms with E-state index in [1.807, 2.05) is 0 Å². The summed E-state index contributed by atoms with van der Waals surface area (Å²) in [5.41, 5.74) is 0.510. The van der Waals surface area contributed by atoms with Gasteiger partial charge in [0.05, 0.1) is 5.48 Å². The van der Waals surface area contributed by atoms with Crippen LogP contribution in [-0.4, -0.2) is 13.1 Å². The van der Waals surface area contributed by atoms with Crippen molar-refractivity contribution in [3.63, 3.8) is 0 Å². The molecule has 0 spiro atoms. The van der Waals surface area contributed by atoms with Gasteiger partial charge < -0.3 is 10.8 Å². The summed E-state index contributed by atoms with van der Waals surface area (Å²) in [6, 6.07) is -1.47. The first-order chi connectivity index (χ1) is 7.90. The van der Waals surface area contributed by atoms with Crippen molar-refractivity contribution in [2.75, 3.05) is 6.54 Å². The first-order valence-electron chi connectivity index (χ1n) is 6.18. The van der Waals surface area contributed by atoms with Gasteiger partial charge in [-0.15, -0.1) is 0 Å². The van der Waals surface area contributed by atoms with Gasteiger partial charge in [-0.25, -0.2) is 0 Å². The van der Waals surface area contributed by atoms with Gasteiger partial charge in [0, 0.05) is 0 Å². The second-order valence-corrected chi connectivity index (χ2v) is 1.78. The predicted molar refractivity (Wildman–Crippen MR) is 40.9 cm³/mol. The standard InChI is InChI=1S/C8H11NO/c9-5-4-7-2-1-3-8(10)6-7/h1-3,6,10H,4-5,9H2/i1D,2D,3D,6D/hD3. The lowest BCUT2D eigenvalue weighted by Crippen LogP contribution is -2.01. The second-order valence-electron chi connectivity index (χ2n) is 1.78. The highest BCUT2D eigenvalue weighted by molar-refractivity contribution is 5.27. The van der Waals surface area contributed by atoms with Gasteiger partial charge in [-0.05, 0) is 30.6 Å². The van der Waals surface area contributed by atoms with E-state index in [1.165, 1.54) is 0 Å². The highest BCUT2D eigenvalue weighted by atomic mass is 16.3. The molecule has 2 heteroatoms. The van der Waals surface area contributed by atoms with E-state index in [2.05, 4.69) is 5.11 Å². The predicted octanol–water partition coefficient (Wildman–Crippen LogP) is 0.893. The maximum atomic E-state index is 7.66. The Morgan fingerprint density at radius 2 is 2.80 bits per heavy atom. The first kappa shape index (κ1) is 2.24. The van der Waals surface area contributed by atoms with Crippen molar-refractivity contribution < 1.29 is 13.4 Å². The maximum Gasteiger partial charge on any atom is 0.293 e. The van der Waals surface area contributed by atoms with Crippen LogP contribution in [0.3, 0.4) is 0 Å². The molecule has 0 radical (unpaired) electrons. The molecule has 0 heterocycles. The van der Waals surface area contributed by atoms with Gasteiger partial charge in [0.25, 0.3) is 1.43 Å². The largest absolute Gasteiger partial charge is 0.508 e. The molecule has 0 aliphatic heterocycles. The van der Waals surface area contributed by atoms with E-state index >= 15 is 0 Å². The average molecular weight is 144 g/mol. The van der Waals surface area contributed by atoms with E-state index in [4.69, 9.17) is 9.74 Å². The summed E-state index contributed by atoms with van der Waals surface area (Å²) in [4.78, 5) is 0. The molecule has 1 aromatic carbocycles. The molecule has 3 N–H and O–H groups in total. The summed E-state index contributed by atoms with van der Waals surface area (Å²) in [6.45, 7) is -0.0357. The van der Waals surface area contributed by atoms with Gasteiger partial charge in [0.15, 0.2) is 0 Å². The molecule has 0 saturated heterocycles. The van der Waals surface area contributed by atoms with Crippen LogP contribution in [0.25, 0.3) is 0 Å². The van der Waals surface area contributed by atoms with Crippen LogP contribution in [0.15, 0.2) is 24.2 Å². The molecular weight excluding hydrogens is 126 g/mol. The van der Waals surface area contributed by atoms with Crippen LogP contribution in [0.5, 0.6) is 5.75 Å². The monoisotopic (exact) mass is 144 g/mol. The van der Waals surface area contributed by atoms with Crippen LogP contribution < -0.4 is 5.72 Å². The number of benzene rings is 1. The summed E-state index contributed by atoms with van der Waals surface area (Å²) in [7, 11) is 0. The van der Waals surface area contributed by atoms with Crippen molar-refractivity contribution in [1.29, 1.82) is 1.43 Å². The molecule has 0 atom stereocenters. The van der Waals surface area contributed by atoms with Gasteiger partial charge >= 0.3 is 0 Å². The summed E-state index contributed by atoms with van der Waals surface area (Å²) in [5, 5.41) is 4.12. The quantitative estimate of drug-likeness (QED) is 0.659. The lowest BCUT2D eigenvalue weighted by Gasteiger charge is -1.97. The molecule has 0 fully saturated rings. The van der Waals surface area contributed by atoms with E-state index in [-0.39, 0.29) is 36.4 Å². The van der Waals surface area contributed by atoms with Crippen molar-refractivity contribution in [3.05, 3.63) is 29.7 Å². The van der Waals surface area contributed by atoms with Gasteiger partial charge in [0.2, 0.25) is 0 Å². The van der Waals surface area contributed by atoms with E-state index in [1.54, 1.807) is 0 Å². The average Bonchev–Trinajstić information content (AvgIpc) is 2.26. The Morgan fingerprint density at radius 3 is 3.60 bits per heavy atom. The number of phenols is 1. The fourth-order valence-corrected chi connectivity index (χ4v) is 0.600. The van der Waals surface area contributed by atoms with Crippen molar-refractivity contribution in [3.8, 4) is 5.75 Å². The molecule has 0 aliphatic carbocycles. The van der Waals surface area contributed by atoms with Gasteiger partial charge in [-0.1, -0.05) is 12.1 Å². The van der Waals surface area contributed by atoms with Gasteiger partial charge in [-0.3, -0.25) is 0 Å². The van der Waals surface area contributed by atoms with Crippen molar-refractivity contribution >= 4 is 0 Å². The second kappa shape index (κ2) is 3.22. The van der Waals surface area contributed by atoms with Gasteiger partial charge in [-0.2, -0.15) is 0 Å². The van der Waals surface area contributed by atoms with Crippen LogP contribution in [-0.2, 0) is 6.42 Å². The van der Waals surface area contributed by atoms with E-state index in [0.717, 1.165) is 0 Å². The topological polar surface area (TPSA) is 46.2 Å². The molecule has 1 rings (SSSR count). The molecule has 1 aromatic rings. The minimum Gasteiger partial charge on any atom is -0.508 e. The molecule has 0 aromatic heterocycles. The van der Waals surface area contributed by atoms with Crippen LogP contribution >= 0.6 is 0 Å². The molecule has 0 amide bonds. The fourth-order valence-electron chi connectivity index (χ4n) is 0.600. The third-order valence-electron chi connectivity index (χ3n) is 1.02. The number of rotatable bonds is 4. The number of phenolic OH excluding ortho intramolecular Hbond substituents is 1. The summed E-state index contributed by atoms with van der Waals surface area (Å²) in [6.07, 6.45) is 0.0488. The Morgan fingerprint density at radius 1 is 1.80 bits per heavy atom. The lowest BCUT2D eigenvalue weighted by molar-refractivity contribution is 0.474. The SMILES string of the molecule is [2H]Oc1c([2H])c([2H])c([2H])c(CCN([2H])[2H])c1[2H]. The van der Waals surface area contributed by atoms with Crippen LogP contribution in [0.1, 0.15) is 11.0 Å². The molecule has 0 saturated carbocycles. The number of nitrogens with two attached hydrogens (primary N) is 1. The number of hydrogen-bond donors (Lipinski definition) is 2. The zero-order valence-corrected chi connectivity index (χ0v) is 5.27. The maximum absolute atomic E-state index is 7.66. The summed E-state index contributed by atoms with van der Waals surface area (Å²) in [5.74, 6) is -0.373. The van der Waals surface area contributed by atoms with E-state index in [9.17, 15) is 0 Å². The Labute approximate surface area is 70.3 Å². The third kappa shape index (κ3) is 1.74. The third-order valence-corrected chi connectivity index (χ3v) is 1.02. The summed E-state index contributed by atoms with van der Waals surface area (Å²) < 4.78 is 50.7. The number of hydrogen-bond acceptors (Lipinski definition) is 2. The first-order valence-corrected chi connectivity index (χ1v) is 2.87. The molecule has 54 valence electrons. The zero-order valence-electron chi connectivity index (χ0n) is 12.3. The van der Waals surface area contributed by atoms with E-state index in [0.29, 0.717) is 5.72 Å². The molecule has 0 aliphatic rings. The molecule has 0 bridgehead atoms. The lowest BCUT2D eigenvalue weighted by atomic mass is 10.1. The normalized spacial score (nSPS) is 19.5. The van der Waals surface area contributed by atoms with Crippen LogP contribution in [0, 0.1) is 0 Å². The molecule has 2 nitrogen and oxygen atoms in total. The number of aromatic hydroxyl groups is 1. The smallest absolute Gasteiger partial charge is 0.293 e. The Balaban J connectivity index is 3.24. The fraction of sp³-hybridized carbons (Fsp3) is 0.250. The Bertz CT molecular complexity index is 423. The minimum atomic E-state index is -0.465. The van der Waals surface area contributed by atoms with Gasteiger partial charge in [0.1, 0.15) is 8.57 Å². The zero-order chi connectivity index (χ0) is 13.2. The highest BCUT2D eigenvalue weighted by Gasteiger charge is 1.90. The minimum absolute atomic E-state index is 0.0357. The van der Waals surface area contributed by atoms with Crippen molar-refractivity contribution in [1.82, 2.24) is 0 Å². The molecule has 0 unspecified atom stereocenters. The van der Waals surface area contributed by atoms with Crippen LogP contribution in [0.2, 0.25) is 2.82 Å². The van der Waals surface area contributed by atoms with E-state index < -0.39 is 12.1 Å². The summed E-state index contributed by atoms with van der Waals surface area (Å²) >= 11 is 0. The Hall–Kier alpha value is -1.02. The van der Waals surface area contributed by atoms with Crippen LogP contribution in [0.4, 0.5) is 0 Å². The Kier molecular flexibility index (Phi) is 0.722. The van der Waals surface area contributed by atoms with Crippen molar-refractivity contribution in [2.24, 2.45) is 5.72 Å². The highest BCUT2D eigenvalue weighted by Crippen LogP contribution is 2.10. The van der Waals surface area contributed by atoms with Crippen molar-refractivity contribution in [2.45, 2.75) is 6.42 Å². The molecule has 10 heavy (non-hydrogen) atoms.